The van der Waals surface area contributed by atoms with E-state index in [0.29, 0.717) is 5.69 Å². The minimum absolute atomic E-state index is 0.0854. The number of pyridine rings is 1. The molecule has 0 atom stereocenters. The van der Waals surface area contributed by atoms with E-state index in [4.69, 9.17) is 5.73 Å². The molecule has 15 heavy (non-hydrogen) atoms. The van der Waals surface area contributed by atoms with Crippen LogP contribution in [0.4, 0.5) is 18.9 Å². The molecule has 0 fully saturated rings. The van der Waals surface area contributed by atoms with Crippen molar-refractivity contribution >= 4 is 5.69 Å². The van der Waals surface area contributed by atoms with Crippen LogP contribution in [0.2, 0.25) is 0 Å². The van der Waals surface area contributed by atoms with Crippen LogP contribution in [-0.2, 0) is 11.6 Å². The summed E-state index contributed by atoms with van der Waals surface area (Å²) in [5.41, 5.74) is 4.45. The molecule has 84 valence electrons. The van der Waals surface area contributed by atoms with E-state index in [2.05, 4.69) is 4.98 Å². The van der Waals surface area contributed by atoms with Crippen molar-refractivity contribution in [3.8, 4) is 0 Å². The van der Waals surface area contributed by atoms with Gasteiger partial charge in [0.1, 0.15) is 5.69 Å². The predicted molar refractivity (Wildman–Crippen MR) is 52.4 cm³/mol. The van der Waals surface area contributed by atoms with Crippen molar-refractivity contribution in [2.24, 2.45) is 0 Å². The number of rotatable bonds is 0. The van der Waals surface area contributed by atoms with Crippen LogP contribution in [0.25, 0.3) is 0 Å². The smallest absolute Gasteiger partial charge is 0.399 e. The van der Waals surface area contributed by atoms with Crippen LogP contribution in [0.1, 0.15) is 32.2 Å². The zero-order valence-electron chi connectivity index (χ0n) is 8.81. The molecule has 0 radical (unpaired) electrons. The Morgan fingerprint density at radius 2 is 1.53 bits per heavy atom. The van der Waals surface area contributed by atoms with E-state index in [-0.39, 0.29) is 5.69 Å². The van der Waals surface area contributed by atoms with Crippen LogP contribution in [0.15, 0.2) is 12.1 Å². The highest BCUT2D eigenvalue weighted by Crippen LogP contribution is 2.31. The Hall–Kier alpha value is -1.26. The zero-order valence-corrected chi connectivity index (χ0v) is 8.81. The highest BCUT2D eigenvalue weighted by atomic mass is 19.4. The first kappa shape index (κ1) is 11.8. The molecule has 1 aromatic heterocycles. The van der Waals surface area contributed by atoms with Crippen molar-refractivity contribution in [2.75, 3.05) is 5.73 Å². The third-order valence-corrected chi connectivity index (χ3v) is 1.91. The molecule has 5 heteroatoms. The van der Waals surface area contributed by atoms with Gasteiger partial charge in [0, 0.05) is 16.8 Å². The van der Waals surface area contributed by atoms with E-state index in [0.717, 1.165) is 6.07 Å². The summed E-state index contributed by atoms with van der Waals surface area (Å²) in [4.78, 5) is 3.57. The fourth-order valence-electron chi connectivity index (χ4n) is 1.08. The molecular weight excluding hydrogens is 205 g/mol. The number of hydrogen-bond acceptors (Lipinski definition) is 2. The molecule has 0 aliphatic heterocycles. The van der Waals surface area contributed by atoms with E-state index >= 15 is 0 Å². The van der Waals surface area contributed by atoms with E-state index in [1.807, 2.05) is 0 Å². The SMILES string of the molecule is CC(C)(C)c1cc(N)cc(C(F)(F)F)n1. The van der Waals surface area contributed by atoms with Crippen LogP contribution in [0.3, 0.4) is 0 Å². The molecule has 1 rings (SSSR count). The Morgan fingerprint density at radius 3 is 1.93 bits per heavy atom. The molecule has 0 aliphatic carbocycles. The standard InChI is InChI=1S/C10H13F3N2/c1-9(2,3)7-4-6(14)5-8(15-7)10(11,12)13/h4-5H,1-3H3,(H2,14,15). The van der Waals surface area contributed by atoms with Crippen molar-refractivity contribution < 1.29 is 13.2 Å². The summed E-state index contributed by atoms with van der Waals surface area (Å²) in [6.07, 6.45) is -4.45. The van der Waals surface area contributed by atoms with Crippen molar-refractivity contribution in [1.82, 2.24) is 4.98 Å². The normalized spacial score (nSPS) is 12.9. The number of hydrogen-bond donors (Lipinski definition) is 1. The lowest BCUT2D eigenvalue weighted by Crippen LogP contribution is -2.18. The molecule has 0 saturated carbocycles. The largest absolute Gasteiger partial charge is 0.433 e. The maximum atomic E-state index is 12.4. The van der Waals surface area contributed by atoms with Gasteiger partial charge in [0.2, 0.25) is 0 Å². The van der Waals surface area contributed by atoms with Gasteiger partial charge in [-0.2, -0.15) is 13.2 Å². The van der Waals surface area contributed by atoms with Gasteiger partial charge in [0.15, 0.2) is 0 Å². The lowest BCUT2D eigenvalue weighted by Gasteiger charge is -2.19. The van der Waals surface area contributed by atoms with Crippen molar-refractivity contribution in [1.29, 1.82) is 0 Å². The van der Waals surface area contributed by atoms with Crippen LogP contribution < -0.4 is 5.73 Å². The van der Waals surface area contributed by atoms with Gasteiger partial charge < -0.3 is 5.73 Å². The number of aromatic nitrogens is 1. The van der Waals surface area contributed by atoms with Crippen LogP contribution in [0.5, 0.6) is 0 Å². The second-order valence-electron chi connectivity index (χ2n) is 4.42. The van der Waals surface area contributed by atoms with E-state index in [1.165, 1.54) is 6.07 Å². The molecule has 0 bridgehead atoms. The summed E-state index contributed by atoms with van der Waals surface area (Å²) in [6, 6.07) is 2.31. The van der Waals surface area contributed by atoms with E-state index in [9.17, 15) is 13.2 Å². The van der Waals surface area contributed by atoms with Gasteiger partial charge in [0.05, 0.1) is 0 Å². The average molecular weight is 218 g/mol. The lowest BCUT2D eigenvalue weighted by atomic mass is 9.91. The minimum Gasteiger partial charge on any atom is -0.399 e. The Labute approximate surface area is 86.3 Å². The van der Waals surface area contributed by atoms with E-state index in [1.54, 1.807) is 20.8 Å². The van der Waals surface area contributed by atoms with Gasteiger partial charge >= 0.3 is 6.18 Å². The highest BCUT2D eigenvalue weighted by molar-refractivity contribution is 5.42. The maximum Gasteiger partial charge on any atom is 0.433 e. The third-order valence-electron chi connectivity index (χ3n) is 1.91. The summed E-state index contributed by atoms with van der Waals surface area (Å²) < 4.78 is 37.3. The van der Waals surface area contributed by atoms with Crippen molar-refractivity contribution in [2.45, 2.75) is 32.4 Å². The molecule has 1 heterocycles. The summed E-state index contributed by atoms with van der Waals surface area (Å²) in [5.74, 6) is 0. The average Bonchev–Trinajstić information content (AvgIpc) is 1.99. The fourth-order valence-corrected chi connectivity index (χ4v) is 1.08. The molecule has 0 saturated heterocycles. The maximum absolute atomic E-state index is 12.4. The van der Waals surface area contributed by atoms with Gasteiger partial charge in [-0.15, -0.1) is 0 Å². The molecule has 1 aromatic rings. The fraction of sp³-hybridized carbons (Fsp3) is 0.500. The van der Waals surface area contributed by atoms with Crippen molar-refractivity contribution in [3.05, 3.63) is 23.5 Å². The number of nitrogens with two attached hydrogens (primary N) is 1. The quantitative estimate of drug-likeness (QED) is 0.727. The molecule has 0 unspecified atom stereocenters. The number of nitrogen functional groups attached to an aromatic ring is 1. The van der Waals surface area contributed by atoms with Gasteiger partial charge in [-0.1, -0.05) is 20.8 Å². The van der Waals surface area contributed by atoms with Crippen LogP contribution in [0, 0.1) is 0 Å². The minimum atomic E-state index is -4.45. The lowest BCUT2D eigenvalue weighted by molar-refractivity contribution is -0.141. The highest BCUT2D eigenvalue weighted by Gasteiger charge is 2.34. The second-order valence-corrected chi connectivity index (χ2v) is 4.42. The molecule has 0 aromatic carbocycles. The summed E-state index contributed by atoms with van der Waals surface area (Å²) in [7, 11) is 0. The molecule has 0 aliphatic rings. The third kappa shape index (κ3) is 2.84. The number of halogens is 3. The Balaban J connectivity index is 3.30. The predicted octanol–water partition coefficient (Wildman–Crippen LogP) is 2.98. The first-order valence-corrected chi connectivity index (χ1v) is 4.46. The molecular formula is C10H13F3N2. The first-order valence-electron chi connectivity index (χ1n) is 4.46. The topological polar surface area (TPSA) is 38.9 Å². The molecule has 0 amide bonds. The van der Waals surface area contributed by atoms with Crippen molar-refractivity contribution in [3.63, 3.8) is 0 Å². The number of anilines is 1. The van der Waals surface area contributed by atoms with Crippen LogP contribution >= 0.6 is 0 Å². The first-order chi connectivity index (χ1) is 6.60. The molecule has 2 N–H and O–H groups in total. The summed E-state index contributed by atoms with van der Waals surface area (Å²) in [5, 5.41) is 0. The number of alkyl halides is 3. The zero-order chi connectivity index (χ0) is 11.9. The Bertz CT molecular complexity index is 332. The second kappa shape index (κ2) is 3.40. The van der Waals surface area contributed by atoms with Gasteiger partial charge in [-0.05, 0) is 12.1 Å². The van der Waals surface area contributed by atoms with Gasteiger partial charge in [-0.25, -0.2) is 4.98 Å². The van der Waals surface area contributed by atoms with Crippen LogP contribution in [-0.4, -0.2) is 4.98 Å². The van der Waals surface area contributed by atoms with E-state index < -0.39 is 17.3 Å². The Kier molecular flexibility index (Phi) is 2.67. The van der Waals surface area contributed by atoms with Gasteiger partial charge in [-0.3, -0.25) is 0 Å². The summed E-state index contributed by atoms with van der Waals surface area (Å²) in [6.45, 7) is 5.36. The molecule has 2 nitrogen and oxygen atoms in total. The number of nitrogens with zero attached hydrogens (tertiary/aromatic N) is 1. The molecule has 0 spiro atoms. The monoisotopic (exact) mass is 218 g/mol. The Morgan fingerprint density at radius 1 is 1.07 bits per heavy atom. The van der Waals surface area contributed by atoms with Gasteiger partial charge in [0.25, 0.3) is 0 Å². The summed E-state index contributed by atoms with van der Waals surface area (Å²) >= 11 is 0.